The number of hydrogen-bond donors (Lipinski definition) is 0. The van der Waals surface area contributed by atoms with Gasteiger partial charge in [0.1, 0.15) is 11.6 Å². The first-order chi connectivity index (χ1) is 14.9. The van der Waals surface area contributed by atoms with E-state index >= 15 is 0 Å². The van der Waals surface area contributed by atoms with Crippen LogP contribution < -0.4 is 4.31 Å². The van der Waals surface area contributed by atoms with Crippen molar-refractivity contribution in [3.8, 4) is 0 Å². The lowest BCUT2D eigenvalue weighted by Crippen LogP contribution is -2.33. The van der Waals surface area contributed by atoms with Crippen LogP contribution >= 0.6 is 11.6 Å². The summed E-state index contributed by atoms with van der Waals surface area (Å²) in [5.41, 5.74) is -0.275. The number of rotatable bonds is 10. The highest BCUT2D eigenvalue weighted by molar-refractivity contribution is 7.92. The van der Waals surface area contributed by atoms with Crippen molar-refractivity contribution in [2.24, 2.45) is 0 Å². The second-order valence-electron chi connectivity index (χ2n) is 7.94. The molecular formula is C23H29ClF2N2O2S. The van der Waals surface area contributed by atoms with E-state index in [2.05, 4.69) is 4.90 Å². The Morgan fingerprint density at radius 1 is 0.903 bits per heavy atom. The van der Waals surface area contributed by atoms with Gasteiger partial charge in [0.2, 0.25) is 0 Å². The predicted octanol–water partition coefficient (Wildman–Crippen LogP) is 5.86. The molecular weight excluding hydrogens is 442 g/mol. The van der Waals surface area contributed by atoms with Gasteiger partial charge in [0, 0.05) is 17.6 Å². The van der Waals surface area contributed by atoms with E-state index in [0.29, 0.717) is 11.4 Å². The quantitative estimate of drug-likeness (QED) is 0.408. The number of anilines is 1. The van der Waals surface area contributed by atoms with Crippen molar-refractivity contribution >= 4 is 27.3 Å². The maximum atomic E-state index is 14.5. The van der Waals surface area contributed by atoms with Crippen molar-refractivity contribution in [3.63, 3.8) is 0 Å². The number of sulfonamides is 1. The Hall–Kier alpha value is -1.70. The van der Waals surface area contributed by atoms with Gasteiger partial charge < -0.3 is 4.90 Å². The summed E-state index contributed by atoms with van der Waals surface area (Å²) in [5, 5.41) is 0.399. The number of likely N-dealkylation sites (tertiary alicyclic amines) is 1. The summed E-state index contributed by atoms with van der Waals surface area (Å²) in [6.07, 6.45) is 7.23. The summed E-state index contributed by atoms with van der Waals surface area (Å²) >= 11 is 5.87. The van der Waals surface area contributed by atoms with Crippen LogP contribution in [0.15, 0.2) is 47.4 Å². The van der Waals surface area contributed by atoms with E-state index in [9.17, 15) is 17.2 Å². The molecule has 1 saturated heterocycles. The third-order valence-corrected chi connectivity index (χ3v) is 7.69. The molecule has 1 fully saturated rings. The molecule has 0 aromatic heterocycles. The SMILES string of the molecule is O=S(=O)(c1ccc(Cl)cc1)N(CCCCCCN1CCCCC1)c1cc(F)ccc1F. The summed E-state index contributed by atoms with van der Waals surface area (Å²) in [5.74, 6) is -1.46. The minimum absolute atomic E-state index is 0.00865. The molecule has 0 radical (unpaired) electrons. The molecule has 3 rings (SSSR count). The molecule has 0 saturated carbocycles. The van der Waals surface area contributed by atoms with Gasteiger partial charge in [-0.25, -0.2) is 17.2 Å². The molecule has 0 atom stereocenters. The Morgan fingerprint density at radius 3 is 2.29 bits per heavy atom. The third-order valence-electron chi connectivity index (χ3n) is 5.61. The molecule has 1 aliphatic heterocycles. The average molecular weight is 471 g/mol. The maximum Gasteiger partial charge on any atom is 0.264 e. The van der Waals surface area contributed by atoms with Crippen LogP contribution in [0.4, 0.5) is 14.5 Å². The van der Waals surface area contributed by atoms with E-state index in [-0.39, 0.29) is 17.1 Å². The van der Waals surface area contributed by atoms with Crippen molar-refractivity contribution in [1.29, 1.82) is 0 Å². The van der Waals surface area contributed by atoms with Crippen LogP contribution in [-0.4, -0.2) is 39.5 Å². The van der Waals surface area contributed by atoms with Gasteiger partial charge in [-0.1, -0.05) is 30.9 Å². The highest BCUT2D eigenvalue weighted by Crippen LogP contribution is 2.28. The molecule has 31 heavy (non-hydrogen) atoms. The van der Waals surface area contributed by atoms with Crippen molar-refractivity contribution in [3.05, 3.63) is 59.1 Å². The van der Waals surface area contributed by atoms with Gasteiger partial charge in [-0.05, 0) is 81.7 Å². The fraction of sp³-hybridized carbons (Fsp3) is 0.478. The van der Waals surface area contributed by atoms with Crippen molar-refractivity contribution < 1.29 is 17.2 Å². The van der Waals surface area contributed by atoms with Crippen LogP contribution in [-0.2, 0) is 10.0 Å². The first-order valence-electron chi connectivity index (χ1n) is 10.8. The van der Waals surface area contributed by atoms with Crippen LogP contribution in [0.5, 0.6) is 0 Å². The largest absolute Gasteiger partial charge is 0.303 e. The fourth-order valence-corrected chi connectivity index (χ4v) is 5.54. The van der Waals surface area contributed by atoms with E-state index in [1.807, 2.05) is 0 Å². The number of unbranched alkanes of at least 4 members (excludes halogenated alkanes) is 3. The minimum atomic E-state index is -4.06. The van der Waals surface area contributed by atoms with Gasteiger partial charge in [-0.3, -0.25) is 4.31 Å². The van der Waals surface area contributed by atoms with Crippen LogP contribution in [0, 0.1) is 11.6 Å². The van der Waals surface area contributed by atoms with Gasteiger partial charge in [-0.15, -0.1) is 0 Å². The maximum absolute atomic E-state index is 14.5. The first-order valence-corrected chi connectivity index (χ1v) is 12.7. The van der Waals surface area contributed by atoms with Crippen molar-refractivity contribution in [2.45, 2.75) is 49.8 Å². The Bertz CT molecular complexity index is 949. The van der Waals surface area contributed by atoms with Gasteiger partial charge in [0.05, 0.1) is 10.6 Å². The summed E-state index contributed by atoms with van der Waals surface area (Å²) in [4.78, 5) is 2.47. The lowest BCUT2D eigenvalue weighted by atomic mass is 10.1. The van der Waals surface area contributed by atoms with Crippen LogP contribution in [0.2, 0.25) is 5.02 Å². The molecule has 0 aliphatic carbocycles. The Labute approximate surface area is 188 Å². The van der Waals surface area contributed by atoms with Gasteiger partial charge in [-0.2, -0.15) is 0 Å². The zero-order valence-electron chi connectivity index (χ0n) is 17.6. The molecule has 0 bridgehead atoms. The normalized spacial score (nSPS) is 15.2. The van der Waals surface area contributed by atoms with E-state index < -0.39 is 21.7 Å². The topological polar surface area (TPSA) is 40.6 Å². The Kier molecular flexibility index (Phi) is 8.69. The summed E-state index contributed by atoms with van der Waals surface area (Å²) in [6.45, 7) is 3.46. The number of hydrogen-bond acceptors (Lipinski definition) is 3. The number of benzene rings is 2. The third kappa shape index (κ3) is 6.64. The van der Waals surface area contributed by atoms with Crippen LogP contribution in [0.3, 0.4) is 0 Å². The number of halogens is 3. The monoisotopic (exact) mass is 470 g/mol. The molecule has 2 aromatic rings. The molecule has 1 aliphatic rings. The van der Waals surface area contributed by atoms with Crippen LogP contribution in [0.25, 0.3) is 0 Å². The highest BCUT2D eigenvalue weighted by atomic mass is 35.5. The average Bonchev–Trinajstić information content (AvgIpc) is 2.76. The first kappa shape index (κ1) is 24.0. The molecule has 2 aromatic carbocycles. The summed E-state index contributed by atoms with van der Waals surface area (Å²) in [7, 11) is -4.06. The summed E-state index contributed by atoms with van der Waals surface area (Å²) < 4.78 is 55.7. The van der Waals surface area contributed by atoms with Gasteiger partial charge in [0.15, 0.2) is 0 Å². The molecule has 1 heterocycles. The summed E-state index contributed by atoms with van der Waals surface area (Å²) in [6, 6.07) is 8.55. The Balaban J connectivity index is 1.66. The van der Waals surface area contributed by atoms with Crippen LogP contribution in [0.1, 0.15) is 44.9 Å². The molecule has 0 spiro atoms. The van der Waals surface area contributed by atoms with E-state index in [1.54, 1.807) is 0 Å². The standard InChI is InChI=1S/C23H29ClF2N2O2S/c24-19-8-11-21(12-9-19)31(29,30)28(23-18-20(25)10-13-22(23)26)17-7-2-1-4-14-27-15-5-3-6-16-27/h8-13,18H,1-7,14-17H2. The predicted molar refractivity (Wildman–Crippen MR) is 121 cm³/mol. The molecule has 4 nitrogen and oxygen atoms in total. The van der Waals surface area contributed by atoms with E-state index in [1.165, 1.54) is 43.5 Å². The second kappa shape index (κ2) is 11.2. The lowest BCUT2D eigenvalue weighted by Gasteiger charge is -2.26. The zero-order valence-corrected chi connectivity index (χ0v) is 19.1. The van der Waals surface area contributed by atoms with Crippen molar-refractivity contribution in [2.75, 3.05) is 30.5 Å². The Morgan fingerprint density at radius 2 is 1.58 bits per heavy atom. The van der Waals surface area contributed by atoms with Gasteiger partial charge in [0.25, 0.3) is 10.0 Å². The zero-order chi connectivity index (χ0) is 22.3. The van der Waals surface area contributed by atoms with E-state index in [4.69, 9.17) is 11.6 Å². The molecule has 170 valence electrons. The molecule has 0 N–H and O–H groups in total. The molecule has 0 amide bonds. The smallest absolute Gasteiger partial charge is 0.264 e. The van der Waals surface area contributed by atoms with E-state index in [0.717, 1.165) is 61.4 Å². The molecule has 0 unspecified atom stereocenters. The molecule has 8 heteroatoms. The van der Waals surface area contributed by atoms with Gasteiger partial charge >= 0.3 is 0 Å². The second-order valence-corrected chi connectivity index (χ2v) is 10.2. The fourth-order valence-electron chi connectivity index (χ4n) is 3.91. The minimum Gasteiger partial charge on any atom is -0.303 e. The lowest BCUT2D eigenvalue weighted by molar-refractivity contribution is 0.224. The van der Waals surface area contributed by atoms with Crippen molar-refractivity contribution in [1.82, 2.24) is 4.90 Å². The highest BCUT2D eigenvalue weighted by Gasteiger charge is 2.27. The number of nitrogens with zero attached hydrogens (tertiary/aromatic N) is 2. The number of piperidine rings is 1.